The Bertz CT molecular complexity index is 172. The van der Waals surface area contributed by atoms with Crippen molar-refractivity contribution < 1.29 is 4.79 Å². The van der Waals surface area contributed by atoms with Gasteiger partial charge in [0.15, 0.2) is 0 Å². The fourth-order valence-electron chi connectivity index (χ4n) is 1.66. The highest BCUT2D eigenvalue weighted by Gasteiger charge is 2.18. The van der Waals surface area contributed by atoms with Crippen LogP contribution in [0.4, 0.5) is 0 Å². The van der Waals surface area contributed by atoms with Crippen molar-refractivity contribution in [1.29, 1.82) is 0 Å². The average Bonchev–Trinajstić information content (AvgIpc) is 2.19. The van der Waals surface area contributed by atoms with Gasteiger partial charge in [0.2, 0.25) is 22.2 Å². The van der Waals surface area contributed by atoms with Crippen LogP contribution in [0.2, 0.25) is 0 Å². The van der Waals surface area contributed by atoms with Crippen molar-refractivity contribution in [2.75, 3.05) is 22.9 Å². The van der Waals surface area contributed by atoms with Crippen molar-refractivity contribution >= 4 is 44.8 Å². The summed E-state index contributed by atoms with van der Waals surface area (Å²) in [6.07, 6.45) is 2.26. The van der Waals surface area contributed by atoms with E-state index in [4.69, 9.17) is 0 Å². The fraction of sp³-hybridized carbons (Fsp3) is 0.875. The zero-order valence-corrected chi connectivity index (χ0v) is 12.2. The monoisotopic (exact) mass is 310 g/mol. The Kier molecular flexibility index (Phi) is 5.64. The topological polar surface area (TPSA) is 32.3 Å². The van der Waals surface area contributed by atoms with Gasteiger partial charge in [-0.05, 0) is 25.9 Å². The maximum Gasteiger partial charge on any atom is 0.234 e. The van der Waals surface area contributed by atoms with Crippen molar-refractivity contribution in [2.45, 2.75) is 18.9 Å². The molecule has 0 saturated carbocycles. The summed E-state index contributed by atoms with van der Waals surface area (Å²) in [5, 5.41) is 4.32. The lowest BCUT2D eigenvalue weighted by Crippen LogP contribution is -2.45. The standard InChI is InChI=1S/C8H14IN2O.Al.2H/c1-11-4-2-7(3-5-11)10-8(12)6-9;;;/h7H,1-6H2,(H,10,12);;;. The molecular formula is C8H16AlIN2O. The third-order valence-corrected chi connectivity index (χ3v) is 4.11. The molecule has 3 nitrogen and oxygen atoms in total. The lowest BCUT2D eigenvalue weighted by molar-refractivity contribution is -0.119. The summed E-state index contributed by atoms with van der Waals surface area (Å²) in [5.41, 5.74) is 0. The van der Waals surface area contributed by atoms with E-state index in [2.05, 4.69) is 32.8 Å². The predicted molar refractivity (Wildman–Crippen MR) is 65.0 cm³/mol. The molecule has 0 spiro atoms. The summed E-state index contributed by atoms with van der Waals surface area (Å²) < 4.78 is 0.582. The van der Waals surface area contributed by atoms with E-state index >= 15 is 0 Å². The Morgan fingerprint density at radius 1 is 1.54 bits per heavy atom. The molecule has 0 aromatic rings. The van der Waals surface area contributed by atoms with Crippen molar-refractivity contribution in [3.63, 3.8) is 0 Å². The number of carbonyl (C=O) groups excluding carboxylic acids is 1. The number of piperidine rings is 1. The average molecular weight is 310 g/mol. The molecule has 0 bridgehead atoms. The van der Waals surface area contributed by atoms with E-state index in [9.17, 15) is 4.79 Å². The summed E-state index contributed by atoms with van der Waals surface area (Å²) in [4.78, 5) is 13.6. The van der Waals surface area contributed by atoms with Crippen molar-refractivity contribution in [3.8, 4) is 0 Å². The predicted octanol–water partition coefficient (Wildman–Crippen LogP) is -0.407. The third-order valence-electron chi connectivity index (χ3n) is 2.52. The van der Waals surface area contributed by atoms with Crippen LogP contribution in [0.5, 0.6) is 0 Å². The number of hydrogen-bond donors (Lipinski definition) is 1. The molecule has 1 fully saturated rings. The van der Waals surface area contributed by atoms with Crippen LogP contribution in [0.25, 0.3) is 0 Å². The number of nitrogens with zero attached hydrogens (tertiary/aromatic N) is 1. The second-order valence-corrected chi connectivity index (χ2v) is 4.80. The lowest BCUT2D eigenvalue weighted by Gasteiger charge is -2.31. The zero-order chi connectivity index (χ0) is 9.68. The third kappa shape index (κ3) is 4.15. The number of carbonyl (C=O) groups is 1. The molecule has 0 aromatic carbocycles. The highest BCUT2D eigenvalue weighted by Crippen LogP contribution is 2.09. The first-order valence-corrected chi connectivity index (χ1v) is 7.78. The van der Waals surface area contributed by atoms with Gasteiger partial charge in [0, 0.05) is 6.04 Å². The van der Waals surface area contributed by atoms with E-state index in [0.717, 1.165) is 25.9 Å². The van der Waals surface area contributed by atoms with Crippen molar-refractivity contribution in [1.82, 2.24) is 10.2 Å². The van der Waals surface area contributed by atoms with Gasteiger partial charge in [-0.2, -0.15) is 0 Å². The van der Waals surface area contributed by atoms with Crippen LogP contribution < -0.4 is 5.32 Å². The zero-order valence-electron chi connectivity index (χ0n) is 8.05. The Labute approximate surface area is 101 Å². The second kappa shape index (κ2) is 6.23. The van der Waals surface area contributed by atoms with Gasteiger partial charge < -0.3 is 10.2 Å². The summed E-state index contributed by atoms with van der Waals surface area (Å²) in [6, 6.07) is 0.437. The van der Waals surface area contributed by atoms with E-state index in [-0.39, 0.29) is 5.91 Å². The first-order valence-electron chi connectivity index (χ1n) is 4.84. The van der Waals surface area contributed by atoms with E-state index in [1.807, 2.05) is 0 Å². The molecule has 1 rings (SSSR count). The SMILES string of the molecule is O=C(CI)NC1CCN([CH2][AlH2])CC1. The summed E-state index contributed by atoms with van der Waals surface area (Å²) in [6.45, 7) is 2.32. The molecule has 13 heavy (non-hydrogen) atoms. The largest absolute Gasteiger partial charge is 0.353 e. The molecule has 1 heterocycles. The minimum absolute atomic E-state index is 0.185. The molecule has 1 aliphatic rings. The molecule has 1 saturated heterocycles. The molecule has 0 aromatic heterocycles. The van der Waals surface area contributed by atoms with Gasteiger partial charge in [0.05, 0.1) is 4.43 Å². The maximum atomic E-state index is 11.1. The van der Waals surface area contributed by atoms with Gasteiger partial charge in [-0.3, -0.25) is 4.79 Å². The molecule has 1 N–H and O–H groups in total. The smallest absolute Gasteiger partial charge is 0.234 e. The molecule has 5 heteroatoms. The molecule has 0 aliphatic carbocycles. The van der Waals surface area contributed by atoms with Crippen LogP contribution in [-0.4, -0.2) is 56.1 Å². The van der Waals surface area contributed by atoms with E-state index < -0.39 is 0 Å². The van der Waals surface area contributed by atoms with Crippen LogP contribution in [0.3, 0.4) is 0 Å². The highest BCUT2D eigenvalue weighted by atomic mass is 127. The number of amides is 1. The van der Waals surface area contributed by atoms with Crippen LogP contribution in [-0.2, 0) is 4.79 Å². The first-order chi connectivity index (χ1) is 6.26. The van der Waals surface area contributed by atoms with Gasteiger partial charge in [-0.15, -0.1) is 0 Å². The summed E-state index contributed by atoms with van der Waals surface area (Å²) in [7, 11) is 0. The van der Waals surface area contributed by atoms with Gasteiger partial charge in [-0.1, -0.05) is 28.0 Å². The van der Waals surface area contributed by atoms with Gasteiger partial charge in [0.1, 0.15) is 0 Å². The molecule has 0 atom stereocenters. The summed E-state index contributed by atoms with van der Waals surface area (Å²) in [5.74, 6) is 0.185. The molecule has 74 valence electrons. The molecule has 1 amide bonds. The second-order valence-electron chi connectivity index (χ2n) is 3.41. The fourth-order valence-corrected chi connectivity index (χ4v) is 2.51. The van der Waals surface area contributed by atoms with Crippen LogP contribution >= 0.6 is 22.6 Å². The quantitative estimate of drug-likeness (QED) is 0.437. The number of rotatable bonds is 3. The van der Waals surface area contributed by atoms with Gasteiger partial charge in [-0.25, -0.2) is 0 Å². The molecular weight excluding hydrogens is 294 g/mol. The van der Waals surface area contributed by atoms with Gasteiger partial charge in [0.25, 0.3) is 0 Å². The number of likely N-dealkylation sites (tertiary alicyclic amines) is 1. The normalized spacial score (nSPS) is 20.1. The van der Waals surface area contributed by atoms with Gasteiger partial charge >= 0.3 is 0 Å². The van der Waals surface area contributed by atoms with E-state index in [1.165, 1.54) is 21.7 Å². The molecule has 1 aliphatic heterocycles. The number of alkyl halides is 1. The molecule has 0 unspecified atom stereocenters. The van der Waals surface area contributed by atoms with Crippen molar-refractivity contribution in [3.05, 3.63) is 0 Å². The lowest BCUT2D eigenvalue weighted by atomic mass is 10.1. The first kappa shape index (κ1) is 11.8. The van der Waals surface area contributed by atoms with Crippen LogP contribution in [0.1, 0.15) is 12.8 Å². The van der Waals surface area contributed by atoms with Crippen LogP contribution in [0, 0.1) is 0 Å². The Balaban J connectivity index is 2.21. The van der Waals surface area contributed by atoms with E-state index in [1.54, 1.807) is 0 Å². The highest BCUT2D eigenvalue weighted by molar-refractivity contribution is 14.1. The Hall–Kier alpha value is 0.692. The van der Waals surface area contributed by atoms with Crippen LogP contribution in [0.15, 0.2) is 0 Å². The van der Waals surface area contributed by atoms with Crippen molar-refractivity contribution in [2.24, 2.45) is 0 Å². The minimum atomic E-state index is 0.185. The Morgan fingerprint density at radius 3 is 2.62 bits per heavy atom. The Morgan fingerprint density at radius 2 is 2.15 bits per heavy atom. The van der Waals surface area contributed by atoms with E-state index in [0.29, 0.717) is 10.5 Å². The molecule has 0 radical (unpaired) electrons. The minimum Gasteiger partial charge on any atom is -0.353 e. The number of nitrogens with one attached hydrogen (secondary N) is 1. The number of halogens is 1. The maximum absolute atomic E-state index is 11.1. The number of hydrogen-bond acceptors (Lipinski definition) is 2. The summed E-state index contributed by atoms with van der Waals surface area (Å²) >= 11 is 3.36.